The second-order valence-electron chi connectivity index (χ2n) is 5.23. The largest absolute Gasteiger partial charge is 0.396 e. The van der Waals surface area contributed by atoms with Gasteiger partial charge in [0.15, 0.2) is 0 Å². The van der Waals surface area contributed by atoms with Gasteiger partial charge in [0.25, 0.3) is 0 Å². The Morgan fingerprint density at radius 2 is 2.21 bits per heavy atom. The average molecular weight is 259 g/mol. The normalized spacial score (nSPS) is 14.1. The number of aliphatic hydroxyl groups is 1. The van der Waals surface area contributed by atoms with Gasteiger partial charge in [0.05, 0.1) is 12.3 Å². The Kier molecular flexibility index (Phi) is 4.22. The van der Waals surface area contributed by atoms with Crippen molar-refractivity contribution in [2.24, 2.45) is 5.41 Å². The first-order valence-corrected chi connectivity index (χ1v) is 6.61. The molecule has 0 saturated carbocycles. The fourth-order valence-electron chi connectivity index (χ4n) is 1.82. The molecule has 0 saturated heterocycles. The molecule has 1 heterocycles. The highest BCUT2D eigenvalue weighted by atomic mass is 16.3. The minimum atomic E-state index is -0.0794. The third-order valence-electron chi connectivity index (χ3n) is 3.63. The second kappa shape index (κ2) is 5.89. The molecule has 0 spiro atoms. The highest BCUT2D eigenvalue weighted by Gasteiger charge is 2.20. The third-order valence-corrected chi connectivity index (χ3v) is 3.63. The van der Waals surface area contributed by atoms with Gasteiger partial charge in [-0.25, -0.2) is 0 Å². The van der Waals surface area contributed by atoms with E-state index in [2.05, 4.69) is 35.4 Å². The van der Waals surface area contributed by atoms with Crippen LogP contribution in [0.4, 0.5) is 5.69 Å². The van der Waals surface area contributed by atoms with E-state index in [-0.39, 0.29) is 12.0 Å². The molecule has 3 N–H and O–H groups in total. The lowest BCUT2D eigenvalue weighted by Gasteiger charge is -2.26. The van der Waals surface area contributed by atoms with Gasteiger partial charge in [-0.15, -0.1) is 0 Å². The van der Waals surface area contributed by atoms with Crippen LogP contribution >= 0.6 is 0 Å². The summed E-state index contributed by atoms with van der Waals surface area (Å²) in [5.41, 5.74) is 3.08. The number of hydrogen-bond donors (Lipinski definition) is 3. The smallest absolute Gasteiger partial charge is 0.0650 e. The number of nitrogens with zero attached hydrogens (tertiary/aromatic N) is 1. The number of benzene rings is 1. The number of rotatable bonds is 6. The molecule has 0 aliphatic rings. The molecular weight excluding hydrogens is 238 g/mol. The molecular formula is C15H21N3O. The molecule has 2 aromatic rings. The minimum Gasteiger partial charge on any atom is -0.396 e. The number of nitrogens with one attached hydrogen (secondary N) is 2. The standard InChI is InChI=1S/C15H21N3O/c1-3-15(2,11-19)10-16-13-6-4-5-12(9-13)14-7-8-17-18-14/h4-9,16,19H,3,10-11H2,1-2H3,(H,17,18). The van der Waals surface area contributed by atoms with Crippen molar-refractivity contribution in [2.75, 3.05) is 18.5 Å². The number of aromatic nitrogens is 2. The van der Waals surface area contributed by atoms with E-state index in [1.54, 1.807) is 6.20 Å². The number of anilines is 1. The lowest BCUT2D eigenvalue weighted by molar-refractivity contribution is 0.149. The van der Waals surface area contributed by atoms with Crippen molar-refractivity contribution >= 4 is 5.69 Å². The summed E-state index contributed by atoms with van der Waals surface area (Å²) in [6.07, 6.45) is 2.69. The maximum absolute atomic E-state index is 9.41. The molecule has 102 valence electrons. The Morgan fingerprint density at radius 3 is 2.84 bits per heavy atom. The van der Waals surface area contributed by atoms with E-state index in [1.165, 1.54) is 0 Å². The summed E-state index contributed by atoms with van der Waals surface area (Å²) in [5, 5.41) is 19.7. The van der Waals surface area contributed by atoms with Gasteiger partial charge in [-0.1, -0.05) is 26.0 Å². The van der Waals surface area contributed by atoms with E-state index in [0.717, 1.165) is 29.9 Å². The predicted molar refractivity (Wildman–Crippen MR) is 78.0 cm³/mol. The van der Waals surface area contributed by atoms with Crippen LogP contribution in [0.15, 0.2) is 36.5 Å². The number of H-pyrrole nitrogens is 1. The highest BCUT2D eigenvalue weighted by Crippen LogP contribution is 2.23. The molecule has 19 heavy (non-hydrogen) atoms. The van der Waals surface area contributed by atoms with E-state index in [0.29, 0.717) is 0 Å². The Balaban J connectivity index is 2.08. The Labute approximate surface area is 113 Å². The second-order valence-corrected chi connectivity index (χ2v) is 5.23. The maximum atomic E-state index is 9.41. The molecule has 1 atom stereocenters. The molecule has 0 aliphatic heterocycles. The van der Waals surface area contributed by atoms with Crippen molar-refractivity contribution in [3.63, 3.8) is 0 Å². The topological polar surface area (TPSA) is 60.9 Å². The first-order valence-electron chi connectivity index (χ1n) is 6.61. The van der Waals surface area contributed by atoms with E-state index < -0.39 is 0 Å². The zero-order valence-electron chi connectivity index (χ0n) is 11.5. The van der Waals surface area contributed by atoms with Gasteiger partial charge >= 0.3 is 0 Å². The first-order chi connectivity index (χ1) is 9.17. The molecule has 1 unspecified atom stereocenters. The molecule has 0 fully saturated rings. The summed E-state index contributed by atoms with van der Waals surface area (Å²) >= 11 is 0. The van der Waals surface area contributed by atoms with Crippen LogP contribution in [0.1, 0.15) is 20.3 Å². The Morgan fingerprint density at radius 1 is 1.37 bits per heavy atom. The van der Waals surface area contributed by atoms with E-state index >= 15 is 0 Å². The molecule has 1 aromatic heterocycles. The van der Waals surface area contributed by atoms with Crippen molar-refractivity contribution in [3.8, 4) is 11.3 Å². The van der Waals surface area contributed by atoms with Crippen molar-refractivity contribution in [2.45, 2.75) is 20.3 Å². The van der Waals surface area contributed by atoms with Gasteiger partial charge in [-0.3, -0.25) is 5.10 Å². The summed E-state index contributed by atoms with van der Waals surface area (Å²) in [4.78, 5) is 0. The monoisotopic (exact) mass is 259 g/mol. The van der Waals surface area contributed by atoms with Crippen molar-refractivity contribution < 1.29 is 5.11 Å². The van der Waals surface area contributed by atoms with E-state index in [4.69, 9.17) is 0 Å². The van der Waals surface area contributed by atoms with Gasteiger partial charge in [0, 0.05) is 29.4 Å². The number of hydrogen-bond acceptors (Lipinski definition) is 3. The Hall–Kier alpha value is -1.81. The molecule has 4 nitrogen and oxygen atoms in total. The van der Waals surface area contributed by atoms with Gasteiger partial charge < -0.3 is 10.4 Å². The van der Waals surface area contributed by atoms with Crippen LogP contribution in [0, 0.1) is 5.41 Å². The van der Waals surface area contributed by atoms with Crippen molar-refractivity contribution in [1.29, 1.82) is 0 Å². The van der Waals surface area contributed by atoms with Crippen LogP contribution < -0.4 is 5.32 Å². The molecule has 4 heteroatoms. The van der Waals surface area contributed by atoms with Gasteiger partial charge in [0.2, 0.25) is 0 Å². The fourth-order valence-corrected chi connectivity index (χ4v) is 1.82. The van der Waals surface area contributed by atoms with Crippen LogP contribution in [0.3, 0.4) is 0 Å². The fraction of sp³-hybridized carbons (Fsp3) is 0.400. The predicted octanol–water partition coefficient (Wildman–Crippen LogP) is 2.90. The number of aliphatic hydroxyl groups excluding tert-OH is 1. The molecule has 2 rings (SSSR count). The molecule has 0 aliphatic carbocycles. The quantitative estimate of drug-likeness (QED) is 0.747. The minimum absolute atomic E-state index is 0.0794. The highest BCUT2D eigenvalue weighted by molar-refractivity contribution is 5.64. The van der Waals surface area contributed by atoms with Crippen molar-refractivity contribution in [1.82, 2.24) is 10.2 Å². The Bertz CT molecular complexity index is 504. The number of aromatic amines is 1. The van der Waals surface area contributed by atoms with E-state index in [9.17, 15) is 5.11 Å². The van der Waals surface area contributed by atoms with Gasteiger partial charge in [-0.2, -0.15) is 5.10 Å². The summed E-state index contributed by atoms with van der Waals surface area (Å²) in [7, 11) is 0. The molecule has 0 bridgehead atoms. The lowest BCUT2D eigenvalue weighted by Crippen LogP contribution is -2.29. The molecule has 0 radical (unpaired) electrons. The SMILES string of the molecule is CCC(C)(CO)CNc1cccc(-c2ccn[nH]2)c1. The van der Waals surface area contributed by atoms with Crippen LogP contribution in [0.5, 0.6) is 0 Å². The first kappa shape index (κ1) is 13.6. The van der Waals surface area contributed by atoms with Crippen LogP contribution in [-0.2, 0) is 0 Å². The average Bonchev–Trinajstić information content (AvgIpc) is 2.99. The van der Waals surface area contributed by atoms with Crippen LogP contribution in [0.25, 0.3) is 11.3 Å². The van der Waals surface area contributed by atoms with Crippen LogP contribution in [-0.4, -0.2) is 28.5 Å². The zero-order chi connectivity index (χ0) is 13.7. The third kappa shape index (κ3) is 3.35. The summed E-state index contributed by atoms with van der Waals surface area (Å²) in [6, 6.07) is 10.1. The lowest BCUT2D eigenvalue weighted by atomic mass is 9.88. The van der Waals surface area contributed by atoms with Gasteiger partial charge in [-0.05, 0) is 24.6 Å². The van der Waals surface area contributed by atoms with Crippen molar-refractivity contribution in [3.05, 3.63) is 36.5 Å². The maximum Gasteiger partial charge on any atom is 0.0650 e. The molecule has 1 aromatic carbocycles. The summed E-state index contributed by atoms with van der Waals surface area (Å²) < 4.78 is 0. The van der Waals surface area contributed by atoms with Gasteiger partial charge in [0.1, 0.15) is 0 Å². The summed E-state index contributed by atoms with van der Waals surface area (Å²) in [5.74, 6) is 0. The van der Waals surface area contributed by atoms with Crippen LogP contribution in [0.2, 0.25) is 0 Å². The summed E-state index contributed by atoms with van der Waals surface area (Å²) in [6.45, 7) is 5.13. The zero-order valence-corrected chi connectivity index (χ0v) is 11.5. The van der Waals surface area contributed by atoms with E-state index in [1.807, 2.05) is 24.3 Å². The molecule has 0 amide bonds.